The van der Waals surface area contributed by atoms with E-state index in [0.717, 1.165) is 0 Å². The number of nitrogens with zero attached hydrogens (tertiary/aromatic N) is 2. The molecule has 0 aliphatic carbocycles. The highest BCUT2D eigenvalue weighted by Gasteiger charge is 2.33. The van der Waals surface area contributed by atoms with Gasteiger partial charge in [-0.05, 0) is 30.3 Å². The Morgan fingerprint density at radius 1 is 0.893 bits per heavy atom. The van der Waals surface area contributed by atoms with Crippen molar-refractivity contribution in [3.8, 4) is 0 Å². The number of sulfonamides is 1. The minimum atomic E-state index is -3.88. The average Bonchev–Trinajstić information content (AvgIpc) is 2.67. The predicted molar refractivity (Wildman–Crippen MR) is 106 cm³/mol. The van der Waals surface area contributed by atoms with Crippen molar-refractivity contribution < 1.29 is 18.0 Å². The van der Waals surface area contributed by atoms with Crippen LogP contribution in [0.1, 0.15) is 20.7 Å². The number of primary amides is 1. The third kappa shape index (κ3) is 4.00. The van der Waals surface area contributed by atoms with E-state index in [1.807, 2.05) is 0 Å². The Morgan fingerprint density at radius 2 is 1.43 bits per heavy atom. The maximum Gasteiger partial charge on any atom is 0.253 e. The number of hydrogen-bond donors (Lipinski definition) is 1. The Kier molecular flexibility index (Phi) is 5.95. The number of piperazine rings is 1. The number of rotatable bonds is 4. The molecule has 3 rings (SSSR count). The van der Waals surface area contributed by atoms with Crippen LogP contribution in [0.15, 0.2) is 47.4 Å². The minimum absolute atomic E-state index is 0.0503. The molecule has 1 aliphatic heterocycles. The molecule has 0 atom stereocenters. The summed E-state index contributed by atoms with van der Waals surface area (Å²) < 4.78 is 27.0. The van der Waals surface area contributed by atoms with Gasteiger partial charge in [0.25, 0.3) is 5.91 Å². The Morgan fingerprint density at radius 3 is 2.00 bits per heavy atom. The van der Waals surface area contributed by atoms with Crippen LogP contribution in [0.2, 0.25) is 10.0 Å². The lowest BCUT2D eigenvalue weighted by Gasteiger charge is -2.34. The molecule has 0 saturated carbocycles. The van der Waals surface area contributed by atoms with E-state index >= 15 is 0 Å². The van der Waals surface area contributed by atoms with E-state index in [2.05, 4.69) is 0 Å². The van der Waals surface area contributed by atoms with Crippen LogP contribution in [0.5, 0.6) is 0 Å². The van der Waals surface area contributed by atoms with Crippen molar-refractivity contribution in [3.05, 3.63) is 63.6 Å². The first-order valence-corrected chi connectivity index (χ1v) is 10.5. The monoisotopic (exact) mass is 441 g/mol. The molecule has 0 radical (unpaired) electrons. The first kappa shape index (κ1) is 20.6. The number of nitrogens with two attached hydrogens (primary N) is 1. The Hall–Kier alpha value is -2.13. The molecule has 148 valence electrons. The largest absolute Gasteiger partial charge is 0.366 e. The van der Waals surface area contributed by atoms with Gasteiger partial charge in [0, 0.05) is 37.3 Å². The van der Waals surface area contributed by atoms with E-state index in [9.17, 15) is 18.0 Å². The number of amides is 2. The van der Waals surface area contributed by atoms with Gasteiger partial charge in [-0.3, -0.25) is 9.59 Å². The van der Waals surface area contributed by atoms with Gasteiger partial charge in [0.15, 0.2) is 0 Å². The summed E-state index contributed by atoms with van der Waals surface area (Å²) in [7, 11) is -3.88. The van der Waals surface area contributed by atoms with Crippen molar-refractivity contribution in [3.63, 3.8) is 0 Å². The zero-order valence-electron chi connectivity index (χ0n) is 14.6. The highest BCUT2D eigenvalue weighted by Crippen LogP contribution is 2.32. The Balaban J connectivity index is 1.75. The summed E-state index contributed by atoms with van der Waals surface area (Å²) in [6.45, 7) is 0.595. The van der Waals surface area contributed by atoms with Crippen molar-refractivity contribution in [1.29, 1.82) is 0 Å². The van der Waals surface area contributed by atoms with E-state index in [-0.39, 0.29) is 52.6 Å². The van der Waals surface area contributed by atoms with Crippen LogP contribution in [0.25, 0.3) is 0 Å². The Labute approximate surface area is 172 Å². The molecule has 1 heterocycles. The van der Waals surface area contributed by atoms with Crippen LogP contribution in [-0.4, -0.2) is 55.6 Å². The van der Waals surface area contributed by atoms with E-state index in [1.165, 1.54) is 33.5 Å². The lowest BCUT2D eigenvalue weighted by Crippen LogP contribution is -2.50. The average molecular weight is 442 g/mol. The summed E-state index contributed by atoms with van der Waals surface area (Å²) in [4.78, 5) is 25.4. The molecule has 0 bridgehead atoms. The summed E-state index contributed by atoms with van der Waals surface area (Å²) in [5.74, 6) is -0.918. The molecule has 1 aliphatic rings. The van der Waals surface area contributed by atoms with E-state index < -0.39 is 15.9 Å². The van der Waals surface area contributed by atoms with Crippen LogP contribution >= 0.6 is 23.2 Å². The lowest BCUT2D eigenvalue weighted by molar-refractivity contribution is 0.0698. The Bertz CT molecular complexity index is 1010. The van der Waals surface area contributed by atoms with E-state index in [0.29, 0.717) is 5.56 Å². The molecule has 28 heavy (non-hydrogen) atoms. The summed E-state index contributed by atoms with van der Waals surface area (Å²) in [6.07, 6.45) is 0. The van der Waals surface area contributed by atoms with Gasteiger partial charge in [-0.1, -0.05) is 35.3 Å². The standard InChI is InChI=1S/C18H17Cl2N3O4S/c19-14-5-2-6-15(20)16(14)28(26,27)23-9-7-22(8-10-23)18(25)13-4-1-3-12(11-13)17(21)24/h1-6,11H,7-10H2,(H2,21,24). The van der Waals surface area contributed by atoms with E-state index in [4.69, 9.17) is 28.9 Å². The quantitative estimate of drug-likeness (QED) is 0.785. The predicted octanol–water partition coefficient (Wildman–Crippen LogP) is 2.24. The molecule has 10 heteroatoms. The summed E-state index contributed by atoms with van der Waals surface area (Å²) in [5, 5.41) is 0.101. The minimum Gasteiger partial charge on any atom is -0.366 e. The second-order valence-electron chi connectivity index (χ2n) is 6.19. The van der Waals surface area contributed by atoms with Gasteiger partial charge >= 0.3 is 0 Å². The van der Waals surface area contributed by atoms with Crippen LogP contribution in [0.4, 0.5) is 0 Å². The van der Waals surface area contributed by atoms with Crippen LogP contribution in [0, 0.1) is 0 Å². The molecule has 1 fully saturated rings. The van der Waals surface area contributed by atoms with Crippen molar-refractivity contribution in [2.75, 3.05) is 26.2 Å². The normalized spacial score (nSPS) is 15.4. The fourth-order valence-corrected chi connectivity index (χ4v) is 5.49. The molecular formula is C18H17Cl2N3O4S. The third-order valence-corrected chi connectivity index (χ3v) is 7.29. The van der Waals surface area contributed by atoms with Gasteiger partial charge in [0.2, 0.25) is 15.9 Å². The van der Waals surface area contributed by atoms with Crippen LogP contribution < -0.4 is 5.73 Å². The van der Waals surface area contributed by atoms with Crippen LogP contribution in [0.3, 0.4) is 0 Å². The first-order valence-electron chi connectivity index (χ1n) is 8.35. The maximum atomic E-state index is 12.9. The molecule has 0 spiro atoms. The third-order valence-electron chi connectivity index (χ3n) is 4.44. The first-order chi connectivity index (χ1) is 13.2. The maximum absolute atomic E-state index is 12.9. The molecule has 0 unspecified atom stereocenters. The topological polar surface area (TPSA) is 101 Å². The molecule has 7 nitrogen and oxygen atoms in total. The van der Waals surface area contributed by atoms with E-state index in [1.54, 1.807) is 18.2 Å². The molecule has 2 aromatic rings. The molecule has 2 amide bonds. The van der Waals surface area contributed by atoms with Crippen LogP contribution in [-0.2, 0) is 10.0 Å². The second kappa shape index (κ2) is 8.08. The van der Waals surface area contributed by atoms with Gasteiger partial charge in [-0.25, -0.2) is 8.42 Å². The van der Waals surface area contributed by atoms with Crippen molar-refractivity contribution in [2.45, 2.75) is 4.90 Å². The van der Waals surface area contributed by atoms with Gasteiger partial charge < -0.3 is 10.6 Å². The summed E-state index contributed by atoms with van der Waals surface area (Å²) >= 11 is 12.1. The molecule has 2 aromatic carbocycles. The zero-order chi connectivity index (χ0) is 20.5. The lowest BCUT2D eigenvalue weighted by atomic mass is 10.1. The van der Waals surface area contributed by atoms with Crippen molar-refractivity contribution in [1.82, 2.24) is 9.21 Å². The smallest absolute Gasteiger partial charge is 0.253 e. The number of carbonyl (C=O) groups is 2. The highest BCUT2D eigenvalue weighted by molar-refractivity contribution is 7.89. The van der Waals surface area contributed by atoms with Crippen molar-refractivity contribution >= 4 is 45.0 Å². The zero-order valence-corrected chi connectivity index (χ0v) is 17.0. The molecule has 1 saturated heterocycles. The number of carbonyl (C=O) groups excluding carboxylic acids is 2. The summed E-state index contributed by atoms with van der Waals surface area (Å²) in [6, 6.07) is 10.6. The van der Waals surface area contributed by atoms with Crippen molar-refractivity contribution in [2.24, 2.45) is 5.73 Å². The van der Waals surface area contributed by atoms with Gasteiger partial charge in [-0.2, -0.15) is 4.31 Å². The SMILES string of the molecule is NC(=O)c1cccc(C(=O)N2CCN(S(=O)(=O)c3c(Cl)cccc3Cl)CC2)c1. The fourth-order valence-electron chi connectivity index (χ4n) is 2.98. The van der Waals surface area contributed by atoms with Gasteiger partial charge in [0.1, 0.15) is 4.90 Å². The summed E-state index contributed by atoms with van der Waals surface area (Å²) in [5.41, 5.74) is 5.81. The molecule has 0 aromatic heterocycles. The van der Waals surface area contributed by atoms with Gasteiger partial charge in [-0.15, -0.1) is 0 Å². The molecule has 2 N–H and O–H groups in total. The second-order valence-corrected chi connectivity index (χ2v) is 8.88. The number of halogens is 2. The highest BCUT2D eigenvalue weighted by atomic mass is 35.5. The number of benzene rings is 2. The van der Waals surface area contributed by atoms with Gasteiger partial charge in [0.05, 0.1) is 10.0 Å². The fraction of sp³-hybridized carbons (Fsp3) is 0.222. The number of hydrogen-bond acceptors (Lipinski definition) is 4. The molecular weight excluding hydrogens is 425 g/mol.